The molecule has 0 aliphatic heterocycles. The molecular formula is C27H25ClN6OS. The highest BCUT2D eigenvalue weighted by Gasteiger charge is 2.14. The Morgan fingerprint density at radius 3 is 2.50 bits per heavy atom. The number of carbonyl (C=O) groups excluding carboxylic acids is 1. The van der Waals surface area contributed by atoms with Crippen LogP contribution in [0, 0.1) is 0 Å². The van der Waals surface area contributed by atoms with E-state index >= 15 is 0 Å². The van der Waals surface area contributed by atoms with Crippen LogP contribution in [0.25, 0.3) is 33.2 Å². The first-order chi connectivity index (χ1) is 17.6. The Kier molecular flexibility index (Phi) is 7.06. The number of nitrogens with zero attached hydrogens (tertiary/aromatic N) is 5. The summed E-state index contributed by atoms with van der Waals surface area (Å²) in [4.78, 5) is 12.4. The van der Waals surface area contributed by atoms with E-state index in [-0.39, 0.29) is 11.7 Å². The maximum atomic E-state index is 12.4. The third-order valence-electron chi connectivity index (χ3n) is 5.98. The Hall–Kier alpha value is -3.62. The van der Waals surface area contributed by atoms with Gasteiger partial charge in [-0.15, -0.1) is 10.2 Å². The second-order valence-corrected chi connectivity index (χ2v) is 9.56. The zero-order valence-electron chi connectivity index (χ0n) is 20.0. The number of benzene rings is 3. The number of hydrazone groups is 1. The topological polar surface area (TPSA) is 77.1 Å². The monoisotopic (exact) mass is 516 g/mol. The van der Waals surface area contributed by atoms with Gasteiger partial charge in [0.15, 0.2) is 11.0 Å². The molecule has 0 unspecified atom stereocenters. The minimum Gasteiger partial charge on any atom is -0.341 e. The van der Waals surface area contributed by atoms with Gasteiger partial charge < -0.3 is 9.13 Å². The summed E-state index contributed by atoms with van der Waals surface area (Å²) in [6, 6.07) is 22.1. The predicted octanol–water partition coefficient (Wildman–Crippen LogP) is 5.99. The van der Waals surface area contributed by atoms with E-state index in [2.05, 4.69) is 68.6 Å². The summed E-state index contributed by atoms with van der Waals surface area (Å²) in [5.41, 5.74) is 6.87. The van der Waals surface area contributed by atoms with E-state index in [0.29, 0.717) is 16.7 Å². The summed E-state index contributed by atoms with van der Waals surface area (Å²) >= 11 is 7.32. The van der Waals surface area contributed by atoms with Crippen LogP contribution in [-0.4, -0.2) is 37.2 Å². The van der Waals surface area contributed by atoms with Crippen molar-refractivity contribution in [2.75, 3.05) is 5.75 Å². The second-order valence-electron chi connectivity index (χ2n) is 8.18. The van der Waals surface area contributed by atoms with Gasteiger partial charge >= 0.3 is 0 Å². The number of amides is 1. The smallest absolute Gasteiger partial charge is 0.250 e. The minimum absolute atomic E-state index is 0.180. The van der Waals surface area contributed by atoms with Crippen LogP contribution in [0.15, 0.2) is 77.0 Å². The Bertz CT molecular complexity index is 1570. The lowest BCUT2D eigenvalue weighted by molar-refractivity contribution is -0.118. The highest BCUT2D eigenvalue weighted by molar-refractivity contribution is 7.99. The van der Waals surface area contributed by atoms with Crippen LogP contribution < -0.4 is 5.43 Å². The van der Waals surface area contributed by atoms with Crippen LogP contribution in [0.1, 0.15) is 19.4 Å². The van der Waals surface area contributed by atoms with Crippen LogP contribution in [0.5, 0.6) is 0 Å². The van der Waals surface area contributed by atoms with Gasteiger partial charge in [0.05, 0.1) is 12.0 Å². The molecule has 0 fully saturated rings. The summed E-state index contributed by atoms with van der Waals surface area (Å²) in [6.45, 7) is 5.75. The molecule has 1 amide bonds. The zero-order valence-corrected chi connectivity index (χ0v) is 21.6. The van der Waals surface area contributed by atoms with Gasteiger partial charge in [-0.3, -0.25) is 4.79 Å². The Balaban J connectivity index is 1.24. The summed E-state index contributed by atoms with van der Waals surface area (Å²) in [7, 11) is 0. The fraction of sp³-hybridized carbons (Fsp3) is 0.185. The number of rotatable bonds is 8. The Morgan fingerprint density at radius 2 is 1.72 bits per heavy atom. The van der Waals surface area contributed by atoms with Crippen molar-refractivity contribution in [3.63, 3.8) is 0 Å². The van der Waals surface area contributed by atoms with Gasteiger partial charge in [-0.05, 0) is 61.9 Å². The first-order valence-electron chi connectivity index (χ1n) is 11.7. The third kappa shape index (κ3) is 4.74. The fourth-order valence-corrected chi connectivity index (χ4v) is 5.25. The highest BCUT2D eigenvalue weighted by atomic mass is 35.5. The number of nitrogens with one attached hydrogen (secondary N) is 1. The van der Waals surface area contributed by atoms with Crippen molar-refractivity contribution in [1.82, 2.24) is 24.8 Å². The van der Waals surface area contributed by atoms with E-state index in [1.54, 1.807) is 6.21 Å². The highest BCUT2D eigenvalue weighted by Crippen LogP contribution is 2.29. The number of para-hydroxylation sites is 1. The van der Waals surface area contributed by atoms with Crippen molar-refractivity contribution in [1.29, 1.82) is 0 Å². The molecule has 0 bridgehead atoms. The Morgan fingerprint density at radius 1 is 0.972 bits per heavy atom. The molecule has 0 radical (unpaired) electrons. The Labute approximate surface area is 218 Å². The SMILES string of the molecule is CCn1c(SCC(=O)N/N=C\c2ccc3c(c2)c2ccccc2n3CC)nnc1-c1ccc(Cl)cc1. The molecule has 1 N–H and O–H groups in total. The van der Waals surface area contributed by atoms with E-state index in [1.165, 1.54) is 33.6 Å². The van der Waals surface area contributed by atoms with Crippen molar-refractivity contribution in [2.45, 2.75) is 32.1 Å². The van der Waals surface area contributed by atoms with Crippen molar-refractivity contribution in [3.05, 3.63) is 77.3 Å². The van der Waals surface area contributed by atoms with Crippen molar-refractivity contribution < 1.29 is 4.79 Å². The van der Waals surface area contributed by atoms with Crippen LogP contribution >= 0.6 is 23.4 Å². The van der Waals surface area contributed by atoms with Gasteiger partial charge in [-0.25, -0.2) is 5.43 Å². The lowest BCUT2D eigenvalue weighted by atomic mass is 10.1. The molecule has 3 aromatic carbocycles. The number of aromatic nitrogens is 4. The predicted molar refractivity (Wildman–Crippen MR) is 148 cm³/mol. The molecule has 0 atom stereocenters. The lowest BCUT2D eigenvalue weighted by Crippen LogP contribution is -2.20. The molecule has 36 heavy (non-hydrogen) atoms. The first-order valence-corrected chi connectivity index (χ1v) is 13.1. The van der Waals surface area contributed by atoms with Gasteiger partial charge in [-0.1, -0.05) is 47.6 Å². The molecule has 0 spiro atoms. The van der Waals surface area contributed by atoms with Gasteiger partial charge in [0.1, 0.15) is 0 Å². The number of carbonyl (C=O) groups is 1. The standard InChI is InChI=1S/C27H25ClN6OS/c1-3-33-23-8-6-5-7-21(23)22-15-18(9-14-24(22)33)16-29-30-25(35)17-36-27-32-31-26(34(27)4-2)19-10-12-20(28)13-11-19/h5-16H,3-4,17H2,1-2H3,(H,30,35)/b29-16-. The summed E-state index contributed by atoms with van der Waals surface area (Å²) in [6.07, 6.45) is 1.67. The van der Waals surface area contributed by atoms with E-state index in [9.17, 15) is 4.79 Å². The maximum absolute atomic E-state index is 12.4. The minimum atomic E-state index is -0.210. The average Bonchev–Trinajstić information content (AvgIpc) is 3.46. The molecule has 0 saturated carbocycles. The number of thioether (sulfide) groups is 1. The zero-order chi connectivity index (χ0) is 25.1. The molecule has 0 aliphatic carbocycles. The van der Waals surface area contributed by atoms with E-state index in [1.807, 2.05) is 41.8 Å². The van der Waals surface area contributed by atoms with Crippen LogP contribution in [0.3, 0.4) is 0 Å². The first kappa shape index (κ1) is 24.1. The van der Waals surface area contributed by atoms with Gasteiger partial charge in [0.2, 0.25) is 0 Å². The largest absolute Gasteiger partial charge is 0.341 e. The molecule has 5 rings (SSSR count). The molecule has 9 heteroatoms. The molecule has 0 saturated heterocycles. The van der Waals surface area contributed by atoms with Crippen LogP contribution in [-0.2, 0) is 17.9 Å². The number of halogens is 1. The number of hydrogen-bond acceptors (Lipinski definition) is 5. The quantitative estimate of drug-likeness (QED) is 0.156. The van der Waals surface area contributed by atoms with E-state index in [0.717, 1.165) is 23.5 Å². The molecule has 2 heterocycles. The summed E-state index contributed by atoms with van der Waals surface area (Å²) in [5, 5.41) is 16.5. The molecule has 2 aromatic heterocycles. The lowest BCUT2D eigenvalue weighted by Gasteiger charge is -2.07. The number of fused-ring (bicyclic) bond motifs is 3. The second kappa shape index (κ2) is 10.6. The summed E-state index contributed by atoms with van der Waals surface area (Å²) < 4.78 is 4.28. The van der Waals surface area contributed by atoms with Crippen molar-refractivity contribution >= 4 is 57.3 Å². The molecule has 182 valence electrons. The molecule has 5 aromatic rings. The fourth-order valence-electron chi connectivity index (χ4n) is 4.33. The molecule has 0 aliphatic rings. The molecule has 7 nitrogen and oxygen atoms in total. The van der Waals surface area contributed by atoms with E-state index < -0.39 is 0 Å². The summed E-state index contributed by atoms with van der Waals surface area (Å²) in [5.74, 6) is 0.715. The van der Waals surface area contributed by atoms with Gasteiger partial charge in [-0.2, -0.15) is 5.10 Å². The van der Waals surface area contributed by atoms with Gasteiger partial charge in [0.25, 0.3) is 5.91 Å². The van der Waals surface area contributed by atoms with Crippen LogP contribution in [0.2, 0.25) is 5.02 Å². The van der Waals surface area contributed by atoms with E-state index in [4.69, 9.17) is 11.6 Å². The molecular weight excluding hydrogens is 492 g/mol. The number of hydrogen-bond donors (Lipinski definition) is 1. The van der Waals surface area contributed by atoms with Gasteiger partial charge in [0, 0.05) is 45.5 Å². The van der Waals surface area contributed by atoms with Crippen molar-refractivity contribution in [3.8, 4) is 11.4 Å². The average molecular weight is 517 g/mol. The number of aryl methyl sites for hydroxylation is 1. The maximum Gasteiger partial charge on any atom is 0.250 e. The van der Waals surface area contributed by atoms with Crippen LogP contribution in [0.4, 0.5) is 0 Å². The van der Waals surface area contributed by atoms with Crippen molar-refractivity contribution in [2.24, 2.45) is 5.10 Å². The normalized spacial score (nSPS) is 11.6. The third-order valence-corrected chi connectivity index (χ3v) is 7.20.